The lowest BCUT2D eigenvalue weighted by Gasteiger charge is -2.51. The van der Waals surface area contributed by atoms with Crippen molar-refractivity contribution in [2.75, 3.05) is 14.2 Å². The Bertz CT molecular complexity index is 1130. The fourth-order valence-corrected chi connectivity index (χ4v) is 19.9. The smallest absolute Gasteiger partial charge is 0.201 e. The van der Waals surface area contributed by atoms with Crippen LogP contribution >= 0.6 is 0 Å². The van der Waals surface area contributed by atoms with Crippen LogP contribution < -0.4 is 9.47 Å². The average Bonchev–Trinajstić information content (AvgIpc) is 2.93. The van der Waals surface area contributed by atoms with Crippen molar-refractivity contribution in [2.45, 2.75) is 148 Å². The Labute approximate surface area is 270 Å². The van der Waals surface area contributed by atoms with Crippen molar-refractivity contribution in [1.82, 2.24) is 0 Å². The van der Waals surface area contributed by atoms with Crippen LogP contribution in [0, 0.1) is 5.92 Å². The third-order valence-electron chi connectivity index (χ3n) is 10.6. The van der Waals surface area contributed by atoms with Gasteiger partial charge < -0.3 is 28.2 Å². The van der Waals surface area contributed by atoms with E-state index in [2.05, 4.69) is 96.1 Å². The second kappa shape index (κ2) is 14.5. The van der Waals surface area contributed by atoms with Crippen molar-refractivity contribution in [3.05, 3.63) is 41.2 Å². The second-order valence-electron chi connectivity index (χ2n) is 14.8. The summed E-state index contributed by atoms with van der Waals surface area (Å²) in [4.78, 5) is 0. The van der Waals surface area contributed by atoms with Gasteiger partial charge in [-0.25, -0.2) is 0 Å². The van der Waals surface area contributed by atoms with Gasteiger partial charge in [-0.05, 0) is 58.4 Å². The van der Waals surface area contributed by atoms with E-state index in [-0.39, 0.29) is 18.3 Å². The van der Waals surface area contributed by atoms with Crippen LogP contribution in [0.3, 0.4) is 0 Å². The third kappa shape index (κ3) is 6.48. The molecule has 2 aliphatic rings. The molecule has 0 saturated carbocycles. The van der Waals surface area contributed by atoms with Crippen LogP contribution in [0.5, 0.6) is 11.5 Å². The first-order chi connectivity index (χ1) is 20.5. The molecule has 2 unspecified atom stereocenters. The van der Waals surface area contributed by atoms with Crippen molar-refractivity contribution < 1.29 is 28.2 Å². The van der Waals surface area contributed by atoms with Crippen LogP contribution in [0.1, 0.15) is 107 Å². The van der Waals surface area contributed by atoms with Gasteiger partial charge in [0.15, 0.2) is 0 Å². The van der Waals surface area contributed by atoms with E-state index in [9.17, 15) is 5.11 Å². The summed E-state index contributed by atoms with van der Waals surface area (Å²) in [5.41, 5.74) is 4.12. The van der Waals surface area contributed by atoms with E-state index in [4.69, 9.17) is 23.1 Å². The normalized spacial score (nSPS) is 24.4. The van der Waals surface area contributed by atoms with E-state index in [1.54, 1.807) is 14.2 Å². The Hall–Kier alpha value is -1.59. The standard InChI is InChI=1S/C36H62O6Si2/c1-21(2)43(22(3)4,23(5)6)41-33-20-32(40-27(13)36(33)42-44(24(7)8,25(9)10)26(11)12)29-17-16-28-30(38-14)18-19-31(39-15)34(28)35(29)37/h16-27,29,33,35-37H,1-15H3/t27-,29?,33-,35?,36-/m1/s1. The van der Waals surface area contributed by atoms with Crippen LogP contribution in [0.15, 0.2) is 30.0 Å². The van der Waals surface area contributed by atoms with Crippen molar-refractivity contribution in [1.29, 1.82) is 0 Å². The van der Waals surface area contributed by atoms with Crippen molar-refractivity contribution in [3.8, 4) is 11.5 Å². The SMILES string of the molecule is COc1ccc(OC)c2c1C=CC(C1=C[C@@H](O[Si](C(C)C)(C(C)C)C(C)C)[C@H](O[Si](C(C)C)(C(C)C)C(C)C)[C@@H](C)O1)C2O. The Balaban J connectivity index is 2.20. The fourth-order valence-electron chi connectivity index (χ4n) is 8.75. The molecule has 6 nitrogen and oxygen atoms in total. The molecule has 1 aromatic carbocycles. The first-order valence-electron chi connectivity index (χ1n) is 16.9. The first-order valence-corrected chi connectivity index (χ1v) is 21.1. The number of benzene rings is 1. The van der Waals surface area contributed by atoms with Crippen LogP contribution in [-0.4, -0.2) is 54.3 Å². The summed E-state index contributed by atoms with van der Waals surface area (Å²) in [6, 6.07) is 3.73. The molecular weight excluding hydrogens is 585 g/mol. The summed E-state index contributed by atoms with van der Waals surface area (Å²) < 4.78 is 33.2. The highest BCUT2D eigenvalue weighted by Crippen LogP contribution is 2.50. The molecule has 0 fully saturated rings. The number of hydrogen-bond acceptors (Lipinski definition) is 6. The summed E-state index contributed by atoms with van der Waals surface area (Å²) in [7, 11) is -1.29. The number of ether oxygens (including phenoxy) is 3. The molecule has 1 aliphatic carbocycles. The van der Waals surface area contributed by atoms with E-state index in [1.165, 1.54) is 0 Å². The van der Waals surface area contributed by atoms with Gasteiger partial charge in [0.25, 0.3) is 0 Å². The van der Waals surface area contributed by atoms with Crippen LogP contribution in [0.25, 0.3) is 6.08 Å². The number of hydrogen-bond donors (Lipinski definition) is 1. The van der Waals surface area contributed by atoms with Gasteiger partial charge in [0.05, 0.1) is 32.3 Å². The molecule has 1 N–H and O–H groups in total. The van der Waals surface area contributed by atoms with Gasteiger partial charge in [-0.1, -0.05) is 95.2 Å². The van der Waals surface area contributed by atoms with Gasteiger partial charge in [-0.15, -0.1) is 0 Å². The van der Waals surface area contributed by atoms with Gasteiger partial charge in [0.1, 0.15) is 29.5 Å². The molecule has 1 heterocycles. The predicted molar refractivity (Wildman–Crippen MR) is 188 cm³/mol. The van der Waals surface area contributed by atoms with Crippen molar-refractivity contribution in [2.24, 2.45) is 5.92 Å². The maximum absolute atomic E-state index is 11.9. The van der Waals surface area contributed by atoms with Gasteiger partial charge >= 0.3 is 0 Å². The first kappa shape index (κ1) is 36.9. The Morgan fingerprint density at radius 3 is 1.61 bits per heavy atom. The third-order valence-corrected chi connectivity index (χ3v) is 22.8. The number of rotatable bonds is 13. The van der Waals surface area contributed by atoms with Gasteiger partial charge in [-0.2, -0.15) is 0 Å². The van der Waals surface area contributed by atoms with Crippen LogP contribution in [0.2, 0.25) is 33.2 Å². The van der Waals surface area contributed by atoms with Gasteiger partial charge in [0.2, 0.25) is 16.6 Å². The minimum atomic E-state index is -2.31. The minimum absolute atomic E-state index is 0.243. The molecule has 0 amide bonds. The summed E-state index contributed by atoms with van der Waals surface area (Å²) in [6.07, 6.45) is 4.54. The number of fused-ring (bicyclic) bond motifs is 1. The minimum Gasteiger partial charge on any atom is -0.496 e. The molecule has 5 atom stereocenters. The number of methoxy groups -OCH3 is 2. The molecule has 0 radical (unpaired) electrons. The van der Waals surface area contributed by atoms with E-state index in [1.807, 2.05) is 24.3 Å². The van der Waals surface area contributed by atoms with E-state index in [0.717, 1.165) is 11.3 Å². The fraction of sp³-hybridized carbons (Fsp3) is 0.722. The van der Waals surface area contributed by atoms with E-state index < -0.39 is 28.7 Å². The Kier molecular flexibility index (Phi) is 12.1. The maximum Gasteiger partial charge on any atom is 0.201 e. The largest absolute Gasteiger partial charge is 0.496 e. The molecule has 8 heteroatoms. The van der Waals surface area contributed by atoms with Crippen LogP contribution in [-0.2, 0) is 13.6 Å². The lowest BCUT2D eigenvalue weighted by Crippen LogP contribution is -2.59. The van der Waals surface area contributed by atoms with Gasteiger partial charge in [0, 0.05) is 11.1 Å². The summed E-state index contributed by atoms with van der Waals surface area (Å²) >= 11 is 0. The summed E-state index contributed by atoms with van der Waals surface area (Å²) in [5, 5.41) is 11.9. The second-order valence-corrected chi connectivity index (χ2v) is 25.6. The van der Waals surface area contributed by atoms with Crippen molar-refractivity contribution in [3.63, 3.8) is 0 Å². The topological polar surface area (TPSA) is 66.4 Å². The van der Waals surface area contributed by atoms with E-state index in [0.29, 0.717) is 50.3 Å². The number of aliphatic hydroxyl groups is 1. The highest BCUT2D eigenvalue weighted by molar-refractivity contribution is 6.78. The molecular formula is C36H62O6Si2. The highest BCUT2D eigenvalue weighted by atomic mass is 28.4. The lowest BCUT2D eigenvalue weighted by molar-refractivity contribution is -0.0668. The molecule has 0 aromatic heterocycles. The monoisotopic (exact) mass is 646 g/mol. The van der Waals surface area contributed by atoms with Crippen LogP contribution in [0.4, 0.5) is 0 Å². The molecule has 250 valence electrons. The zero-order chi connectivity index (χ0) is 33.3. The predicted octanol–water partition coefficient (Wildman–Crippen LogP) is 9.80. The molecule has 44 heavy (non-hydrogen) atoms. The quantitative estimate of drug-likeness (QED) is 0.215. The van der Waals surface area contributed by atoms with E-state index >= 15 is 0 Å². The molecule has 0 spiro atoms. The molecule has 1 aromatic rings. The lowest BCUT2D eigenvalue weighted by atomic mass is 9.83. The molecule has 1 aliphatic heterocycles. The summed E-state index contributed by atoms with van der Waals surface area (Å²) in [5.74, 6) is 1.67. The Morgan fingerprint density at radius 2 is 1.16 bits per heavy atom. The van der Waals surface area contributed by atoms with Gasteiger partial charge in [-0.3, -0.25) is 0 Å². The molecule has 3 rings (SSSR count). The molecule has 0 bridgehead atoms. The zero-order valence-corrected chi connectivity index (χ0v) is 32.2. The highest BCUT2D eigenvalue weighted by Gasteiger charge is 2.53. The maximum atomic E-state index is 11.9. The molecule has 0 saturated heterocycles. The zero-order valence-electron chi connectivity index (χ0n) is 30.2. The summed E-state index contributed by atoms with van der Waals surface area (Å²) in [6.45, 7) is 30.1. The average molecular weight is 647 g/mol. The van der Waals surface area contributed by atoms with Crippen molar-refractivity contribution >= 4 is 22.7 Å². The Morgan fingerprint density at radius 1 is 0.705 bits per heavy atom. The number of aliphatic hydroxyl groups excluding tert-OH is 1.